The molecule has 0 bridgehead atoms. The van der Waals surface area contributed by atoms with Crippen molar-refractivity contribution in [3.8, 4) is 0 Å². The lowest BCUT2D eigenvalue weighted by molar-refractivity contribution is 0.100. The van der Waals surface area contributed by atoms with E-state index < -0.39 is 29.0 Å². The first kappa shape index (κ1) is 15.0. The number of hydrogen-bond donors (Lipinski definition) is 3. The van der Waals surface area contributed by atoms with E-state index >= 15 is 0 Å². The number of nitrogens with two attached hydrogens (primary N) is 2. The SMILES string of the molecule is NC(=O)c1cc(N)cc(Cl)c1Nc1c(F)cc(F)cc1F. The normalized spacial score (nSPS) is 10.5. The maximum absolute atomic E-state index is 13.6. The molecule has 2 aromatic rings. The van der Waals surface area contributed by atoms with Crippen molar-refractivity contribution in [1.82, 2.24) is 0 Å². The molecule has 21 heavy (non-hydrogen) atoms. The van der Waals surface area contributed by atoms with Crippen molar-refractivity contribution < 1.29 is 18.0 Å². The van der Waals surface area contributed by atoms with Crippen LogP contribution < -0.4 is 16.8 Å². The molecule has 4 nitrogen and oxygen atoms in total. The molecule has 0 aromatic heterocycles. The van der Waals surface area contributed by atoms with Gasteiger partial charge in [0.15, 0.2) is 11.6 Å². The fourth-order valence-corrected chi connectivity index (χ4v) is 2.01. The summed E-state index contributed by atoms with van der Waals surface area (Å²) in [6.07, 6.45) is 0. The van der Waals surface area contributed by atoms with Gasteiger partial charge in [-0.1, -0.05) is 11.6 Å². The summed E-state index contributed by atoms with van der Waals surface area (Å²) in [4.78, 5) is 11.4. The average Bonchev–Trinajstić information content (AvgIpc) is 2.34. The molecule has 110 valence electrons. The Bertz CT molecular complexity index is 714. The summed E-state index contributed by atoms with van der Waals surface area (Å²) < 4.78 is 40.1. The van der Waals surface area contributed by atoms with Crippen LogP contribution in [0.25, 0.3) is 0 Å². The second-order valence-corrected chi connectivity index (χ2v) is 4.57. The third kappa shape index (κ3) is 3.03. The van der Waals surface area contributed by atoms with Gasteiger partial charge in [0.1, 0.15) is 11.5 Å². The van der Waals surface area contributed by atoms with Crippen molar-refractivity contribution in [3.05, 3.63) is 52.3 Å². The van der Waals surface area contributed by atoms with Gasteiger partial charge in [-0.25, -0.2) is 13.2 Å². The highest BCUT2D eigenvalue weighted by molar-refractivity contribution is 6.34. The Kier molecular flexibility index (Phi) is 3.95. The lowest BCUT2D eigenvalue weighted by Gasteiger charge is -2.14. The topological polar surface area (TPSA) is 81.1 Å². The molecular weight excluding hydrogens is 307 g/mol. The monoisotopic (exact) mass is 315 g/mol. The maximum Gasteiger partial charge on any atom is 0.250 e. The number of anilines is 3. The smallest absolute Gasteiger partial charge is 0.250 e. The third-order valence-corrected chi connectivity index (χ3v) is 2.93. The predicted octanol–water partition coefficient (Wildman–Crippen LogP) is 3.18. The van der Waals surface area contributed by atoms with E-state index in [-0.39, 0.29) is 22.0 Å². The lowest BCUT2D eigenvalue weighted by Crippen LogP contribution is -2.15. The number of carbonyl (C=O) groups excluding carboxylic acids is 1. The summed E-state index contributed by atoms with van der Waals surface area (Å²) in [6, 6.07) is 3.45. The van der Waals surface area contributed by atoms with Crippen molar-refractivity contribution in [3.63, 3.8) is 0 Å². The first-order chi connectivity index (χ1) is 9.79. The van der Waals surface area contributed by atoms with Crippen LogP contribution in [0, 0.1) is 17.5 Å². The van der Waals surface area contributed by atoms with Gasteiger partial charge in [0.2, 0.25) is 0 Å². The molecule has 2 aromatic carbocycles. The number of benzene rings is 2. The standard InChI is InChI=1S/C13H9ClF3N3O/c14-8-4-6(18)3-7(13(19)21)11(8)20-12-9(16)1-5(15)2-10(12)17/h1-4,20H,18H2,(H2,19,21). The molecule has 0 unspecified atom stereocenters. The third-order valence-electron chi connectivity index (χ3n) is 2.63. The van der Waals surface area contributed by atoms with E-state index in [1.54, 1.807) is 0 Å². The molecule has 0 aliphatic heterocycles. The van der Waals surface area contributed by atoms with E-state index in [0.717, 1.165) is 0 Å². The number of hydrogen-bond acceptors (Lipinski definition) is 3. The molecule has 0 heterocycles. The highest BCUT2D eigenvalue weighted by atomic mass is 35.5. The number of primary amides is 1. The fourth-order valence-electron chi connectivity index (χ4n) is 1.74. The van der Waals surface area contributed by atoms with Gasteiger partial charge in [0, 0.05) is 17.8 Å². The summed E-state index contributed by atoms with van der Waals surface area (Å²) >= 11 is 5.90. The minimum Gasteiger partial charge on any atom is -0.399 e. The van der Waals surface area contributed by atoms with E-state index in [2.05, 4.69) is 5.32 Å². The van der Waals surface area contributed by atoms with E-state index in [1.807, 2.05) is 0 Å². The Hall–Kier alpha value is -2.41. The van der Waals surface area contributed by atoms with Crippen LogP contribution in [0.3, 0.4) is 0 Å². The van der Waals surface area contributed by atoms with Crippen molar-refractivity contribution in [2.24, 2.45) is 5.73 Å². The van der Waals surface area contributed by atoms with Crippen molar-refractivity contribution in [1.29, 1.82) is 0 Å². The minimum absolute atomic E-state index is 0.0630. The summed E-state index contributed by atoms with van der Waals surface area (Å²) in [7, 11) is 0. The van der Waals surface area contributed by atoms with E-state index in [1.165, 1.54) is 12.1 Å². The lowest BCUT2D eigenvalue weighted by atomic mass is 10.1. The predicted molar refractivity (Wildman–Crippen MR) is 74.0 cm³/mol. The second-order valence-electron chi connectivity index (χ2n) is 4.16. The van der Waals surface area contributed by atoms with Crippen LogP contribution in [0.2, 0.25) is 5.02 Å². The van der Waals surface area contributed by atoms with Gasteiger partial charge in [-0.2, -0.15) is 0 Å². The van der Waals surface area contributed by atoms with E-state index in [4.69, 9.17) is 23.1 Å². The van der Waals surface area contributed by atoms with Crippen molar-refractivity contribution >= 4 is 34.6 Å². The molecule has 5 N–H and O–H groups in total. The molecule has 0 saturated heterocycles. The van der Waals surface area contributed by atoms with Gasteiger partial charge >= 0.3 is 0 Å². The summed E-state index contributed by atoms with van der Waals surface area (Å²) in [5, 5.41) is 2.25. The molecule has 0 spiro atoms. The van der Waals surface area contributed by atoms with Gasteiger partial charge in [-0.3, -0.25) is 4.79 Å². The van der Waals surface area contributed by atoms with Crippen LogP contribution in [0.4, 0.5) is 30.2 Å². The molecule has 0 saturated carbocycles. The molecule has 0 atom stereocenters. The fraction of sp³-hybridized carbons (Fsp3) is 0. The van der Waals surface area contributed by atoms with Crippen LogP contribution in [0.15, 0.2) is 24.3 Å². The van der Waals surface area contributed by atoms with Crippen LogP contribution in [-0.4, -0.2) is 5.91 Å². The van der Waals surface area contributed by atoms with E-state index in [9.17, 15) is 18.0 Å². The Labute approximate surface area is 122 Å². The zero-order valence-electron chi connectivity index (χ0n) is 10.4. The van der Waals surface area contributed by atoms with Crippen LogP contribution in [-0.2, 0) is 0 Å². The number of carbonyl (C=O) groups is 1. The molecule has 0 radical (unpaired) electrons. The Balaban J connectivity index is 2.57. The first-order valence-electron chi connectivity index (χ1n) is 5.60. The Morgan fingerprint density at radius 3 is 2.14 bits per heavy atom. The number of amides is 1. The Morgan fingerprint density at radius 2 is 1.62 bits per heavy atom. The number of rotatable bonds is 3. The molecule has 1 amide bonds. The van der Waals surface area contributed by atoms with Gasteiger partial charge in [-0.05, 0) is 12.1 Å². The first-order valence-corrected chi connectivity index (χ1v) is 5.97. The zero-order chi connectivity index (χ0) is 15.7. The molecule has 0 aliphatic rings. The minimum atomic E-state index is -1.18. The maximum atomic E-state index is 13.6. The van der Waals surface area contributed by atoms with Gasteiger partial charge in [0.05, 0.1) is 16.3 Å². The van der Waals surface area contributed by atoms with Crippen LogP contribution in [0.5, 0.6) is 0 Å². The second kappa shape index (κ2) is 5.53. The molecule has 8 heteroatoms. The van der Waals surface area contributed by atoms with E-state index in [0.29, 0.717) is 12.1 Å². The van der Waals surface area contributed by atoms with Crippen molar-refractivity contribution in [2.75, 3.05) is 11.1 Å². The van der Waals surface area contributed by atoms with Gasteiger partial charge in [-0.15, -0.1) is 0 Å². The summed E-state index contributed by atoms with van der Waals surface area (Å²) in [6.45, 7) is 0. The highest BCUT2D eigenvalue weighted by Crippen LogP contribution is 2.33. The molecule has 0 aliphatic carbocycles. The highest BCUT2D eigenvalue weighted by Gasteiger charge is 2.18. The quantitative estimate of drug-likeness (QED) is 0.761. The number of halogens is 4. The van der Waals surface area contributed by atoms with Crippen LogP contribution in [0.1, 0.15) is 10.4 Å². The largest absolute Gasteiger partial charge is 0.399 e. The zero-order valence-corrected chi connectivity index (χ0v) is 11.1. The number of nitrogen functional groups attached to an aromatic ring is 1. The summed E-state index contributed by atoms with van der Waals surface area (Å²) in [5.41, 5.74) is 9.91. The van der Waals surface area contributed by atoms with Crippen molar-refractivity contribution in [2.45, 2.75) is 0 Å². The van der Waals surface area contributed by atoms with Crippen LogP contribution >= 0.6 is 11.6 Å². The summed E-state index contributed by atoms with van der Waals surface area (Å²) in [5.74, 6) is -4.34. The Morgan fingerprint density at radius 1 is 1.05 bits per heavy atom. The number of nitrogens with one attached hydrogen (secondary N) is 1. The van der Waals surface area contributed by atoms with Gasteiger partial charge < -0.3 is 16.8 Å². The molecular formula is C13H9ClF3N3O. The molecule has 0 fully saturated rings. The molecule has 2 rings (SSSR count). The van der Waals surface area contributed by atoms with Gasteiger partial charge in [0.25, 0.3) is 5.91 Å². The average molecular weight is 316 g/mol.